The van der Waals surface area contributed by atoms with E-state index in [-0.39, 0.29) is 17.8 Å². The van der Waals surface area contributed by atoms with E-state index in [1.165, 1.54) is 35.4 Å². The molecule has 0 aliphatic carbocycles. The molecule has 1 amide bonds. The number of rotatable bonds is 3. The number of aromatic nitrogens is 4. The zero-order valence-corrected chi connectivity index (χ0v) is 11.7. The number of hydrogen-bond acceptors (Lipinski definition) is 4. The Kier molecular flexibility index (Phi) is 3.42. The first-order chi connectivity index (χ1) is 10.6. The van der Waals surface area contributed by atoms with E-state index < -0.39 is 11.7 Å². The van der Waals surface area contributed by atoms with Crippen molar-refractivity contribution in [1.82, 2.24) is 19.3 Å². The molecular weight excluding hydrogens is 289 g/mol. The van der Waals surface area contributed by atoms with E-state index in [9.17, 15) is 14.0 Å². The summed E-state index contributed by atoms with van der Waals surface area (Å²) < 4.78 is 16.1. The van der Waals surface area contributed by atoms with Crippen LogP contribution in [0.4, 0.5) is 10.1 Å². The second kappa shape index (κ2) is 5.40. The number of nitrogens with one attached hydrogen (secondary N) is 1. The van der Waals surface area contributed by atoms with E-state index in [1.807, 2.05) is 0 Å². The first-order valence-corrected chi connectivity index (χ1v) is 6.48. The molecule has 22 heavy (non-hydrogen) atoms. The van der Waals surface area contributed by atoms with Gasteiger partial charge in [0.15, 0.2) is 5.65 Å². The molecular formula is C14H12FN5O2. The quantitative estimate of drug-likeness (QED) is 0.779. The molecule has 0 aliphatic heterocycles. The van der Waals surface area contributed by atoms with Crippen molar-refractivity contribution in [1.29, 1.82) is 0 Å². The standard InChI is InChI=1S/C14H12FN5O2/c1-19-13-9(6-17-19)14(22)20(8-16-13)7-12(21)18-11-5-3-2-4-10(11)15/h2-6,8H,7H2,1H3,(H,18,21). The van der Waals surface area contributed by atoms with Crippen LogP contribution in [-0.2, 0) is 18.4 Å². The van der Waals surface area contributed by atoms with Gasteiger partial charge in [0.2, 0.25) is 5.91 Å². The fourth-order valence-corrected chi connectivity index (χ4v) is 2.09. The maximum Gasteiger partial charge on any atom is 0.264 e. The Balaban J connectivity index is 1.84. The number of carbonyl (C=O) groups is 1. The summed E-state index contributed by atoms with van der Waals surface area (Å²) in [5, 5.41) is 6.69. The smallest absolute Gasteiger partial charge is 0.264 e. The van der Waals surface area contributed by atoms with Crippen molar-refractivity contribution >= 4 is 22.6 Å². The van der Waals surface area contributed by atoms with Gasteiger partial charge in [-0.05, 0) is 12.1 Å². The topological polar surface area (TPSA) is 81.8 Å². The molecule has 112 valence electrons. The van der Waals surface area contributed by atoms with Crippen LogP contribution in [0.2, 0.25) is 0 Å². The number of hydrogen-bond donors (Lipinski definition) is 1. The molecule has 0 bridgehead atoms. The van der Waals surface area contributed by atoms with Crippen LogP contribution >= 0.6 is 0 Å². The van der Waals surface area contributed by atoms with Crippen LogP contribution in [0, 0.1) is 5.82 Å². The summed E-state index contributed by atoms with van der Waals surface area (Å²) in [5.41, 5.74) is 0.133. The molecule has 2 aromatic heterocycles. The SMILES string of the molecule is Cn1ncc2c(=O)n(CC(=O)Nc3ccccc3F)cnc21. The maximum absolute atomic E-state index is 13.5. The number of fused-ring (bicyclic) bond motifs is 1. The largest absolute Gasteiger partial charge is 0.322 e. The van der Waals surface area contributed by atoms with Gasteiger partial charge in [0.1, 0.15) is 24.1 Å². The van der Waals surface area contributed by atoms with Crippen LogP contribution in [0.1, 0.15) is 0 Å². The predicted octanol–water partition coefficient (Wildman–Crippen LogP) is 0.908. The molecule has 0 radical (unpaired) electrons. The van der Waals surface area contributed by atoms with E-state index in [0.29, 0.717) is 11.0 Å². The van der Waals surface area contributed by atoms with E-state index in [2.05, 4.69) is 15.4 Å². The third kappa shape index (κ3) is 2.46. The summed E-state index contributed by atoms with van der Waals surface area (Å²) in [4.78, 5) is 28.2. The van der Waals surface area contributed by atoms with Gasteiger partial charge in [0.25, 0.3) is 5.56 Å². The van der Waals surface area contributed by atoms with Crippen LogP contribution in [0.5, 0.6) is 0 Å². The van der Waals surface area contributed by atoms with Gasteiger partial charge >= 0.3 is 0 Å². The Morgan fingerprint density at radius 2 is 2.14 bits per heavy atom. The van der Waals surface area contributed by atoms with Gasteiger partial charge < -0.3 is 5.32 Å². The summed E-state index contributed by atoms with van der Waals surface area (Å²) in [5.74, 6) is -1.05. The summed E-state index contributed by atoms with van der Waals surface area (Å²) in [6, 6.07) is 5.81. The van der Waals surface area contributed by atoms with Crippen LogP contribution in [0.25, 0.3) is 11.0 Å². The predicted molar refractivity (Wildman–Crippen MR) is 77.8 cm³/mol. The summed E-state index contributed by atoms with van der Waals surface area (Å²) in [6.07, 6.45) is 2.67. The van der Waals surface area contributed by atoms with Crippen molar-refractivity contribution in [3.8, 4) is 0 Å². The average Bonchev–Trinajstić information content (AvgIpc) is 2.87. The zero-order chi connectivity index (χ0) is 15.7. The summed E-state index contributed by atoms with van der Waals surface area (Å²) in [6.45, 7) is -0.259. The van der Waals surface area contributed by atoms with Gasteiger partial charge in [0, 0.05) is 7.05 Å². The van der Waals surface area contributed by atoms with Gasteiger partial charge in [-0.3, -0.25) is 18.8 Å². The lowest BCUT2D eigenvalue weighted by atomic mass is 10.3. The molecule has 1 aromatic carbocycles. The second-order valence-electron chi connectivity index (χ2n) is 4.71. The third-order valence-corrected chi connectivity index (χ3v) is 3.18. The number of amides is 1. The summed E-state index contributed by atoms with van der Waals surface area (Å²) >= 11 is 0. The van der Waals surface area contributed by atoms with Gasteiger partial charge in [0.05, 0.1) is 11.9 Å². The molecule has 0 fully saturated rings. The van der Waals surface area contributed by atoms with Crippen molar-refractivity contribution in [2.75, 3.05) is 5.32 Å². The minimum atomic E-state index is -0.538. The van der Waals surface area contributed by atoms with E-state index >= 15 is 0 Å². The minimum Gasteiger partial charge on any atom is -0.322 e. The summed E-state index contributed by atoms with van der Waals surface area (Å²) in [7, 11) is 1.67. The van der Waals surface area contributed by atoms with Crippen molar-refractivity contribution in [3.63, 3.8) is 0 Å². The molecule has 7 nitrogen and oxygen atoms in total. The Morgan fingerprint density at radius 1 is 1.36 bits per heavy atom. The Morgan fingerprint density at radius 3 is 2.91 bits per heavy atom. The lowest BCUT2D eigenvalue weighted by molar-refractivity contribution is -0.116. The fraction of sp³-hybridized carbons (Fsp3) is 0.143. The van der Waals surface area contributed by atoms with Crippen LogP contribution in [0.15, 0.2) is 41.6 Å². The average molecular weight is 301 g/mol. The highest BCUT2D eigenvalue weighted by molar-refractivity contribution is 5.90. The van der Waals surface area contributed by atoms with Crippen LogP contribution in [-0.4, -0.2) is 25.2 Å². The molecule has 0 atom stereocenters. The first-order valence-electron chi connectivity index (χ1n) is 6.48. The number of para-hydroxylation sites is 1. The molecule has 1 N–H and O–H groups in total. The first kappa shape index (κ1) is 13.9. The lowest BCUT2D eigenvalue weighted by Crippen LogP contribution is -2.28. The second-order valence-corrected chi connectivity index (χ2v) is 4.71. The number of carbonyl (C=O) groups excluding carboxylic acids is 1. The molecule has 0 spiro atoms. The number of halogens is 1. The Hall–Kier alpha value is -3.03. The maximum atomic E-state index is 13.5. The normalized spacial score (nSPS) is 10.8. The Bertz CT molecular complexity index is 915. The minimum absolute atomic E-state index is 0.0657. The van der Waals surface area contributed by atoms with E-state index in [0.717, 1.165) is 4.57 Å². The van der Waals surface area contributed by atoms with Gasteiger partial charge in [-0.1, -0.05) is 12.1 Å². The van der Waals surface area contributed by atoms with Gasteiger partial charge in [-0.2, -0.15) is 5.10 Å². The molecule has 0 saturated heterocycles. The van der Waals surface area contributed by atoms with E-state index in [1.54, 1.807) is 13.1 Å². The van der Waals surface area contributed by atoms with Crippen molar-refractivity contribution in [3.05, 3.63) is 53.0 Å². The van der Waals surface area contributed by atoms with E-state index in [4.69, 9.17) is 0 Å². The Labute approximate surface area is 124 Å². The van der Waals surface area contributed by atoms with Gasteiger partial charge in [-0.25, -0.2) is 9.37 Å². The third-order valence-electron chi connectivity index (χ3n) is 3.18. The lowest BCUT2D eigenvalue weighted by Gasteiger charge is -2.07. The van der Waals surface area contributed by atoms with Crippen LogP contribution < -0.4 is 10.9 Å². The molecule has 3 rings (SSSR count). The van der Waals surface area contributed by atoms with Crippen molar-refractivity contribution in [2.45, 2.75) is 6.54 Å². The molecule has 0 unspecified atom stereocenters. The molecule has 0 saturated carbocycles. The highest BCUT2D eigenvalue weighted by Crippen LogP contribution is 2.12. The number of aryl methyl sites for hydroxylation is 1. The monoisotopic (exact) mass is 301 g/mol. The highest BCUT2D eigenvalue weighted by atomic mass is 19.1. The molecule has 3 aromatic rings. The number of nitrogens with zero attached hydrogens (tertiary/aromatic N) is 4. The number of benzene rings is 1. The molecule has 0 aliphatic rings. The van der Waals surface area contributed by atoms with Gasteiger partial charge in [-0.15, -0.1) is 0 Å². The molecule has 2 heterocycles. The van der Waals surface area contributed by atoms with Crippen LogP contribution in [0.3, 0.4) is 0 Å². The van der Waals surface area contributed by atoms with Crippen molar-refractivity contribution in [2.24, 2.45) is 7.05 Å². The zero-order valence-electron chi connectivity index (χ0n) is 11.7. The molecule has 8 heteroatoms. The van der Waals surface area contributed by atoms with Crippen molar-refractivity contribution < 1.29 is 9.18 Å². The highest BCUT2D eigenvalue weighted by Gasteiger charge is 2.12. The fourth-order valence-electron chi connectivity index (χ4n) is 2.09. The number of anilines is 1.